The van der Waals surface area contributed by atoms with E-state index in [0.717, 1.165) is 33.5 Å². The molecule has 3 aromatic rings. The molecule has 1 N–H and O–H groups in total. The Balaban J connectivity index is 0.00000408. The third-order valence-corrected chi connectivity index (χ3v) is 5.51. The molecule has 8 heteroatoms. The van der Waals surface area contributed by atoms with Crippen LogP contribution < -0.4 is 19.5 Å². The third kappa shape index (κ3) is 7.65. The number of carbonyl (C=O) groups is 1. The van der Waals surface area contributed by atoms with E-state index in [1.807, 2.05) is 68.7 Å². The van der Waals surface area contributed by atoms with Crippen LogP contribution in [0.4, 0.5) is 0 Å². The van der Waals surface area contributed by atoms with Gasteiger partial charge in [0.2, 0.25) is 0 Å². The van der Waals surface area contributed by atoms with Gasteiger partial charge in [0.25, 0.3) is 5.91 Å². The van der Waals surface area contributed by atoms with Crippen LogP contribution in [-0.4, -0.2) is 39.1 Å². The summed E-state index contributed by atoms with van der Waals surface area (Å²) < 4.78 is 17.6. The van der Waals surface area contributed by atoms with Crippen LogP contribution in [0.1, 0.15) is 27.0 Å². The number of halogens is 2. The Kier molecular flexibility index (Phi) is 10.7. The number of methoxy groups -OCH3 is 2. The molecule has 0 radical (unpaired) electrons. The second-order valence-corrected chi connectivity index (χ2v) is 8.76. The van der Waals surface area contributed by atoms with Gasteiger partial charge < -0.3 is 24.4 Å². The smallest absolute Gasteiger partial charge is 0.251 e. The number of rotatable bonds is 10. The quantitative estimate of drug-likeness (QED) is 0.364. The van der Waals surface area contributed by atoms with Crippen molar-refractivity contribution in [2.24, 2.45) is 0 Å². The van der Waals surface area contributed by atoms with E-state index in [1.165, 1.54) is 0 Å². The van der Waals surface area contributed by atoms with Crippen LogP contribution in [0.5, 0.6) is 17.2 Å². The maximum Gasteiger partial charge on any atom is 0.251 e. The first-order valence-corrected chi connectivity index (χ1v) is 11.3. The second kappa shape index (κ2) is 13.2. The summed E-state index contributed by atoms with van der Waals surface area (Å²) in [5.41, 5.74) is 3.62. The van der Waals surface area contributed by atoms with E-state index in [4.69, 9.17) is 14.2 Å². The highest BCUT2D eigenvalue weighted by Gasteiger charge is 2.10. The number of benzene rings is 3. The molecule has 0 atom stereocenters. The molecule has 3 aromatic carbocycles. The van der Waals surface area contributed by atoms with Crippen molar-refractivity contribution in [2.75, 3.05) is 28.3 Å². The fourth-order valence-corrected chi connectivity index (χ4v) is 3.75. The number of hydrogen-bond donors (Lipinski definition) is 1. The van der Waals surface area contributed by atoms with Gasteiger partial charge >= 0.3 is 0 Å². The highest BCUT2D eigenvalue weighted by Crippen LogP contribution is 2.27. The van der Waals surface area contributed by atoms with Gasteiger partial charge in [0.15, 0.2) is 11.5 Å². The predicted octanol–water partition coefficient (Wildman–Crippen LogP) is 5.46. The summed E-state index contributed by atoms with van der Waals surface area (Å²) in [4.78, 5) is 14.7. The molecule has 6 nitrogen and oxygen atoms in total. The largest absolute Gasteiger partial charge is 0.493 e. The molecule has 0 aromatic heterocycles. The molecular formula is C26H30BrClN2O4. The van der Waals surface area contributed by atoms with Crippen molar-refractivity contribution in [3.8, 4) is 17.2 Å². The summed E-state index contributed by atoms with van der Waals surface area (Å²) in [7, 11) is 7.24. The standard InChI is InChI=1S/C26H29BrN2O4.ClH/c1-29(2)16-21-14-22(27)10-12-23(21)33-17-18-5-8-20(9-6-18)26(30)28-15-19-7-11-24(31-3)25(13-19)32-4;/h5-14H,15-17H2,1-4H3,(H,28,30);1H. The molecule has 0 heterocycles. The molecule has 0 aliphatic rings. The third-order valence-electron chi connectivity index (χ3n) is 5.02. The van der Waals surface area contributed by atoms with E-state index in [0.29, 0.717) is 30.2 Å². The van der Waals surface area contributed by atoms with Crippen molar-refractivity contribution in [3.05, 3.63) is 87.4 Å². The van der Waals surface area contributed by atoms with E-state index in [-0.39, 0.29) is 18.3 Å². The van der Waals surface area contributed by atoms with E-state index in [9.17, 15) is 4.79 Å². The topological polar surface area (TPSA) is 60.0 Å². The van der Waals surface area contributed by atoms with Crippen molar-refractivity contribution >= 4 is 34.2 Å². The van der Waals surface area contributed by atoms with Gasteiger partial charge in [-0.3, -0.25) is 4.79 Å². The molecule has 0 unspecified atom stereocenters. The number of amides is 1. The lowest BCUT2D eigenvalue weighted by molar-refractivity contribution is 0.0951. The Morgan fingerprint density at radius 2 is 1.53 bits per heavy atom. The summed E-state index contributed by atoms with van der Waals surface area (Å²) in [6.45, 7) is 1.60. The van der Waals surface area contributed by atoms with Gasteiger partial charge in [-0.1, -0.05) is 34.1 Å². The van der Waals surface area contributed by atoms with Crippen molar-refractivity contribution < 1.29 is 19.0 Å². The Morgan fingerprint density at radius 1 is 0.882 bits per heavy atom. The van der Waals surface area contributed by atoms with Crippen molar-refractivity contribution in [2.45, 2.75) is 19.7 Å². The normalized spacial score (nSPS) is 10.4. The predicted molar refractivity (Wildman–Crippen MR) is 140 cm³/mol. The van der Waals surface area contributed by atoms with Gasteiger partial charge in [-0.25, -0.2) is 0 Å². The van der Waals surface area contributed by atoms with Crippen molar-refractivity contribution in [1.29, 1.82) is 0 Å². The summed E-state index contributed by atoms with van der Waals surface area (Å²) >= 11 is 3.52. The Hall–Kier alpha value is -2.74. The van der Waals surface area contributed by atoms with E-state index in [1.54, 1.807) is 14.2 Å². The van der Waals surface area contributed by atoms with Gasteiger partial charge in [0.1, 0.15) is 12.4 Å². The fraction of sp³-hybridized carbons (Fsp3) is 0.269. The first-order valence-electron chi connectivity index (χ1n) is 10.5. The molecule has 0 fully saturated rings. The number of nitrogens with zero attached hydrogens (tertiary/aromatic N) is 1. The number of nitrogens with one attached hydrogen (secondary N) is 1. The first-order chi connectivity index (χ1) is 15.9. The minimum Gasteiger partial charge on any atom is -0.493 e. The van der Waals surface area contributed by atoms with E-state index < -0.39 is 0 Å². The summed E-state index contributed by atoms with van der Waals surface area (Å²) in [6.07, 6.45) is 0. The molecule has 3 rings (SSSR count). The number of hydrogen-bond acceptors (Lipinski definition) is 5. The lowest BCUT2D eigenvalue weighted by Gasteiger charge is -2.15. The average molecular weight is 550 g/mol. The zero-order valence-corrected chi connectivity index (χ0v) is 22.2. The van der Waals surface area contributed by atoms with Gasteiger partial charge in [-0.15, -0.1) is 12.4 Å². The molecule has 0 spiro atoms. The highest BCUT2D eigenvalue weighted by molar-refractivity contribution is 9.10. The molecule has 0 aliphatic carbocycles. The molecule has 182 valence electrons. The molecule has 0 aliphatic heterocycles. The zero-order chi connectivity index (χ0) is 23.8. The number of ether oxygens (including phenoxy) is 3. The van der Waals surface area contributed by atoms with Crippen LogP contribution in [0.3, 0.4) is 0 Å². The molecule has 34 heavy (non-hydrogen) atoms. The van der Waals surface area contributed by atoms with E-state index in [2.05, 4.69) is 32.2 Å². The van der Waals surface area contributed by atoms with Crippen molar-refractivity contribution in [1.82, 2.24) is 10.2 Å². The summed E-state index contributed by atoms with van der Waals surface area (Å²) in [5.74, 6) is 2.00. The first kappa shape index (κ1) is 27.5. The Morgan fingerprint density at radius 3 is 2.18 bits per heavy atom. The highest BCUT2D eigenvalue weighted by atomic mass is 79.9. The zero-order valence-electron chi connectivity index (χ0n) is 19.8. The fourth-order valence-electron chi connectivity index (χ4n) is 3.34. The van der Waals surface area contributed by atoms with Crippen LogP contribution >= 0.6 is 28.3 Å². The second-order valence-electron chi connectivity index (χ2n) is 7.85. The van der Waals surface area contributed by atoms with Crippen LogP contribution in [0, 0.1) is 0 Å². The lowest BCUT2D eigenvalue weighted by atomic mass is 10.1. The monoisotopic (exact) mass is 548 g/mol. The maximum absolute atomic E-state index is 12.6. The summed E-state index contributed by atoms with van der Waals surface area (Å²) in [5, 5.41) is 2.94. The number of carbonyl (C=O) groups excluding carboxylic acids is 1. The van der Waals surface area contributed by atoms with Crippen LogP contribution in [0.25, 0.3) is 0 Å². The minimum absolute atomic E-state index is 0. The van der Waals surface area contributed by atoms with Gasteiger partial charge in [-0.2, -0.15) is 0 Å². The van der Waals surface area contributed by atoms with Gasteiger partial charge in [0.05, 0.1) is 14.2 Å². The minimum atomic E-state index is -0.140. The molecule has 0 saturated carbocycles. The summed E-state index contributed by atoms with van der Waals surface area (Å²) in [6, 6.07) is 19.0. The molecule has 0 bridgehead atoms. The Bertz CT molecular complexity index is 1090. The van der Waals surface area contributed by atoms with Crippen molar-refractivity contribution in [3.63, 3.8) is 0 Å². The van der Waals surface area contributed by atoms with Crippen LogP contribution in [0.2, 0.25) is 0 Å². The van der Waals surface area contributed by atoms with Crippen LogP contribution in [-0.2, 0) is 19.7 Å². The van der Waals surface area contributed by atoms with Gasteiger partial charge in [-0.05, 0) is 67.7 Å². The average Bonchev–Trinajstić information content (AvgIpc) is 2.81. The van der Waals surface area contributed by atoms with Gasteiger partial charge in [0, 0.05) is 28.7 Å². The molecular weight excluding hydrogens is 520 g/mol. The SMILES string of the molecule is COc1ccc(CNC(=O)c2ccc(COc3ccc(Br)cc3CN(C)C)cc2)cc1OC.Cl. The molecule has 1 amide bonds. The van der Waals surface area contributed by atoms with E-state index >= 15 is 0 Å². The maximum atomic E-state index is 12.6. The van der Waals surface area contributed by atoms with Crippen LogP contribution in [0.15, 0.2) is 65.1 Å². The lowest BCUT2D eigenvalue weighted by Crippen LogP contribution is -2.22. The Labute approximate surface area is 215 Å². The molecule has 0 saturated heterocycles.